The molecule has 2 atom stereocenters. The van der Waals surface area contributed by atoms with Crippen LogP contribution in [0.25, 0.3) is 0 Å². The highest BCUT2D eigenvalue weighted by molar-refractivity contribution is 5.95. The molecule has 110 valence electrons. The van der Waals surface area contributed by atoms with Crippen molar-refractivity contribution in [3.05, 3.63) is 29.3 Å². The van der Waals surface area contributed by atoms with Gasteiger partial charge in [0, 0.05) is 30.9 Å². The van der Waals surface area contributed by atoms with Crippen molar-refractivity contribution in [3.8, 4) is 0 Å². The zero-order chi connectivity index (χ0) is 13.4. The lowest BCUT2D eigenvalue weighted by atomic mass is 10.1. The third-order valence-electron chi connectivity index (χ3n) is 3.77. The molecule has 1 aromatic rings. The van der Waals surface area contributed by atoms with Gasteiger partial charge in [0.15, 0.2) is 0 Å². The lowest BCUT2D eigenvalue weighted by molar-refractivity contribution is -0.0586. The van der Waals surface area contributed by atoms with Gasteiger partial charge < -0.3 is 15.0 Å². The summed E-state index contributed by atoms with van der Waals surface area (Å²) in [5, 5.41) is 3.31. The number of hydrogen-bond donors (Lipinski definition) is 1. The third-order valence-corrected chi connectivity index (χ3v) is 3.77. The van der Waals surface area contributed by atoms with Gasteiger partial charge in [0.2, 0.25) is 0 Å². The van der Waals surface area contributed by atoms with Crippen LogP contribution in [0.15, 0.2) is 18.2 Å². The highest BCUT2D eigenvalue weighted by Gasteiger charge is 2.27. The largest absolute Gasteiger partial charge is 0.384 e. The molecule has 1 aromatic carbocycles. The number of anilines is 1. The minimum absolute atomic E-state index is 0. The number of ether oxygens (including phenoxy) is 1. The van der Waals surface area contributed by atoms with Gasteiger partial charge in [-0.05, 0) is 44.0 Å². The first kappa shape index (κ1) is 15.1. The number of amides is 1. The average molecular weight is 297 g/mol. The quantitative estimate of drug-likeness (QED) is 0.865. The molecule has 2 aliphatic heterocycles. The predicted octanol–water partition coefficient (Wildman–Crippen LogP) is 2.33. The van der Waals surface area contributed by atoms with Crippen LogP contribution in [-0.2, 0) is 11.2 Å². The van der Waals surface area contributed by atoms with Crippen molar-refractivity contribution in [1.82, 2.24) is 4.90 Å². The summed E-state index contributed by atoms with van der Waals surface area (Å²) in [6, 6.07) is 5.97. The summed E-state index contributed by atoms with van der Waals surface area (Å²) in [5.74, 6) is 0.122. The number of carbonyl (C=O) groups excluding carboxylic acids is 1. The molecule has 1 fully saturated rings. The second-order valence-electron chi connectivity index (χ2n) is 5.52. The standard InChI is InChI=1S/C15H20N2O2.ClH/c1-10-8-17(9-11(2)19-10)15(18)13-3-4-14-12(7-13)5-6-16-14;/h3-4,7,10-11,16H,5-6,8-9H2,1-2H3;1H. The molecule has 20 heavy (non-hydrogen) atoms. The number of hydrogen-bond acceptors (Lipinski definition) is 3. The van der Waals surface area contributed by atoms with Crippen LogP contribution in [-0.4, -0.2) is 42.6 Å². The first-order valence-corrected chi connectivity index (χ1v) is 6.95. The van der Waals surface area contributed by atoms with E-state index in [9.17, 15) is 4.79 Å². The maximum absolute atomic E-state index is 12.5. The van der Waals surface area contributed by atoms with Gasteiger partial charge in [-0.15, -0.1) is 12.4 Å². The second kappa shape index (κ2) is 6.02. The van der Waals surface area contributed by atoms with Crippen LogP contribution in [0.3, 0.4) is 0 Å². The molecule has 0 bridgehead atoms. The van der Waals surface area contributed by atoms with Gasteiger partial charge in [0.1, 0.15) is 0 Å². The number of rotatable bonds is 1. The Morgan fingerprint density at radius 2 is 2.00 bits per heavy atom. The Labute approximate surface area is 125 Å². The first-order valence-electron chi connectivity index (χ1n) is 6.95. The maximum Gasteiger partial charge on any atom is 0.254 e. The molecule has 1 amide bonds. The highest BCUT2D eigenvalue weighted by Crippen LogP contribution is 2.24. The molecule has 2 unspecified atom stereocenters. The molecule has 2 aliphatic rings. The van der Waals surface area contributed by atoms with Crippen LogP contribution in [0, 0.1) is 0 Å². The molecule has 0 radical (unpaired) electrons. The van der Waals surface area contributed by atoms with E-state index in [-0.39, 0.29) is 30.5 Å². The van der Waals surface area contributed by atoms with Crippen molar-refractivity contribution in [2.45, 2.75) is 32.5 Å². The molecule has 0 aliphatic carbocycles. The molecular formula is C15H21ClN2O2. The van der Waals surface area contributed by atoms with Crippen molar-refractivity contribution in [3.63, 3.8) is 0 Å². The second-order valence-corrected chi connectivity index (χ2v) is 5.52. The van der Waals surface area contributed by atoms with E-state index in [4.69, 9.17) is 4.74 Å². The van der Waals surface area contributed by atoms with E-state index in [0.717, 1.165) is 18.5 Å². The third kappa shape index (κ3) is 2.91. The van der Waals surface area contributed by atoms with Crippen LogP contribution in [0.4, 0.5) is 5.69 Å². The number of fused-ring (bicyclic) bond motifs is 1. The van der Waals surface area contributed by atoms with Crippen LogP contribution in [0.5, 0.6) is 0 Å². The van der Waals surface area contributed by atoms with E-state index in [0.29, 0.717) is 13.1 Å². The SMILES string of the molecule is CC1CN(C(=O)c2ccc3c(c2)CCN3)CC(C)O1.Cl. The Morgan fingerprint density at radius 3 is 2.70 bits per heavy atom. The molecular weight excluding hydrogens is 276 g/mol. The minimum Gasteiger partial charge on any atom is -0.384 e. The number of nitrogens with one attached hydrogen (secondary N) is 1. The number of nitrogens with zero attached hydrogens (tertiary/aromatic N) is 1. The van der Waals surface area contributed by atoms with Gasteiger partial charge in [-0.1, -0.05) is 0 Å². The van der Waals surface area contributed by atoms with E-state index in [1.807, 2.05) is 36.9 Å². The maximum atomic E-state index is 12.5. The van der Waals surface area contributed by atoms with Gasteiger partial charge in [0.25, 0.3) is 5.91 Å². The summed E-state index contributed by atoms with van der Waals surface area (Å²) in [6.45, 7) is 6.36. The zero-order valence-corrected chi connectivity index (χ0v) is 12.7. The van der Waals surface area contributed by atoms with Crippen LogP contribution >= 0.6 is 12.4 Å². The average Bonchev–Trinajstić information content (AvgIpc) is 2.83. The summed E-state index contributed by atoms with van der Waals surface area (Å²) in [6.07, 6.45) is 1.24. The molecule has 5 heteroatoms. The topological polar surface area (TPSA) is 41.6 Å². The molecule has 0 spiro atoms. The first-order chi connectivity index (χ1) is 9.13. The van der Waals surface area contributed by atoms with Crippen LogP contribution < -0.4 is 5.32 Å². The lowest BCUT2D eigenvalue weighted by Gasteiger charge is -2.35. The van der Waals surface area contributed by atoms with E-state index in [2.05, 4.69) is 5.32 Å². The fraction of sp³-hybridized carbons (Fsp3) is 0.533. The van der Waals surface area contributed by atoms with E-state index in [1.54, 1.807) is 0 Å². The summed E-state index contributed by atoms with van der Waals surface area (Å²) in [4.78, 5) is 14.4. The molecule has 3 rings (SSSR count). The zero-order valence-electron chi connectivity index (χ0n) is 11.9. The predicted molar refractivity (Wildman–Crippen MR) is 81.8 cm³/mol. The summed E-state index contributed by atoms with van der Waals surface area (Å²) in [7, 11) is 0. The number of carbonyl (C=O) groups is 1. The molecule has 0 aromatic heterocycles. The van der Waals surface area contributed by atoms with E-state index in [1.165, 1.54) is 11.3 Å². The monoisotopic (exact) mass is 296 g/mol. The minimum atomic E-state index is 0. The van der Waals surface area contributed by atoms with Crippen LogP contribution in [0.1, 0.15) is 29.8 Å². The smallest absolute Gasteiger partial charge is 0.254 e. The van der Waals surface area contributed by atoms with Crippen LogP contribution in [0.2, 0.25) is 0 Å². The van der Waals surface area contributed by atoms with Crippen molar-refractivity contribution in [1.29, 1.82) is 0 Å². The van der Waals surface area contributed by atoms with Crippen molar-refractivity contribution >= 4 is 24.0 Å². The van der Waals surface area contributed by atoms with E-state index >= 15 is 0 Å². The molecule has 4 nitrogen and oxygen atoms in total. The van der Waals surface area contributed by atoms with Crippen molar-refractivity contribution < 1.29 is 9.53 Å². The highest BCUT2D eigenvalue weighted by atomic mass is 35.5. The van der Waals surface area contributed by atoms with E-state index < -0.39 is 0 Å². The molecule has 1 saturated heterocycles. The van der Waals surface area contributed by atoms with Gasteiger partial charge in [-0.25, -0.2) is 0 Å². The number of morpholine rings is 1. The molecule has 0 saturated carbocycles. The Kier molecular flexibility index (Phi) is 4.55. The number of benzene rings is 1. The summed E-state index contributed by atoms with van der Waals surface area (Å²) < 4.78 is 5.67. The van der Waals surface area contributed by atoms with Gasteiger partial charge in [-0.3, -0.25) is 4.79 Å². The molecule has 1 N–H and O–H groups in total. The normalized spacial score (nSPS) is 24.6. The molecule has 2 heterocycles. The Bertz CT molecular complexity index is 497. The summed E-state index contributed by atoms with van der Waals surface area (Å²) in [5.41, 5.74) is 3.21. The lowest BCUT2D eigenvalue weighted by Crippen LogP contribution is -2.48. The van der Waals surface area contributed by atoms with Gasteiger partial charge >= 0.3 is 0 Å². The Morgan fingerprint density at radius 1 is 1.30 bits per heavy atom. The number of halogens is 1. The Hall–Kier alpha value is -1.26. The Balaban J connectivity index is 0.00000147. The fourth-order valence-electron chi connectivity index (χ4n) is 2.96. The van der Waals surface area contributed by atoms with Gasteiger partial charge in [-0.2, -0.15) is 0 Å². The van der Waals surface area contributed by atoms with Crippen molar-refractivity contribution in [2.24, 2.45) is 0 Å². The fourth-order valence-corrected chi connectivity index (χ4v) is 2.96. The van der Waals surface area contributed by atoms with Gasteiger partial charge in [0.05, 0.1) is 12.2 Å². The summed E-state index contributed by atoms with van der Waals surface area (Å²) >= 11 is 0. The van der Waals surface area contributed by atoms with Crippen molar-refractivity contribution in [2.75, 3.05) is 25.0 Å².